The molecule has 1 aromatic carbocycles. The van der Waals surface area contributed by atoms with Crippen molar-refractivity contribution in [3.05, 3.63) is 41.6 Å². The number of aliphatic hydroxyl groups is 1. The van der Waals surface area contributed by atoms with Crippen LogP contribution in [-0.4, -0.2) is 52.6 Å². The average Bonchev–Trinajstić information content (AvgIpc) is 2.65. The molecule has 1 unspecified atom stereocenters. The van der Waals surface area contributed by atoms with Gasteiger partial charge in [0, 0.05) is 31.8 Å². The molecule has 0 saturated carbocycles. The number of anilines is 1. The molecule has 6 nitrogen and oxygen atoms in total. The Hall–Kier alpha value is -2.47. The lowest BCUT2D eigenvalue weighted by Gasteiger charge is -2.31. The molecule has 2 heterocycles. The van der Waals surface area contributed by atoms with E-state index in [0.717, 1.165) is 22.6 Å². The Morgan fingerprint density at radius 1 is 1.28 bits per heavy atom. The van der Waals surface area contributed by atoms with Gasteiger partial charge >= 0.3 is 0 Å². The van der Waals surface area contributed by atoms with Crippen molar-refractivity contribution < 1.29 is 9.90 Å². The van der Waals surface area contributed by atoms with Crippen LogP contribution in [0.3, 0.4) is 0 Å². The molecule has 0 fully saturated rings. The van der Waals surface area contributed by atoms with E-state index >= 15 is 0 Å². The summed E-state index contributed by atoms with van der Waals surface area (Å²) in [5.41, 5.74) is 2.89. The van der Waals surface area contributed by atoms with Gasteiger partial charge in [-0.1, -0.05) is 37.3 Å². The van der Waals surface area contributed by atoms with Gasteiger partial charge in [0.05, 0.1) is 12.2 Å². The van der Waals surface area contributed by atoms with E-state index < -0.39 is 6.10 Å². The van der Waals surface area contributed by atoms with Crippen LogP contribution in [-0.2, 0) is 17.8 Å². The maximum atomic E-state index is 12.3. The smallest absolute Gasteiger partial charge is 0.251 e. The topological polar surface area (TPSA) is 69.6 Å². The van der Waals surface area contributed by atoms with Gasteiger partial charge in [-0.3, -0.25) is 4.79 Å². The molecular weight excluding hydrogens is 316 g/mol. The first kappa shape index (κ1) is 17.4. The highest BCUT2D eigenvalue weighted by atomic mass is 16.3. The molecule has 2 aromatic rings. The van der Waals surface area contributed by atoms with Crippen LogP contribution in [0.1, 0.15) is 24.6 Å². The van der Waals surface area contributed by atoms with Gasteiger partial charge in [0.2, 0.25) is 0 Å². The number of fused-ring (bicyclic) bond motifs is 1. The van der Waals surface area contributed by atoms with E-state index in [9.17, 15) is 9.90 Å². The number of nitrogens with zero attached hydrogens (tertiary/aromatic N) is 4. The van der Waals surface area contributed by atoms with Crippen LogP contribution < -0.4 is 4.90 Å². The van der Waals surface area contributed by atoms with Crippen LogP contribution in [0.25, 0.3) is 11.4 Å². The number of carbonyl (C=O) groups excluding carboxylic acids is 1. The van der Waals surface area contributed by atoms with Gasteiger partial charge in [-0.25, -0.2) is 9.97 Å². The van der Waals surface area contributed by atoms with Crippen molar-refractivity contribution >= 4 is 11.7 Å². The monoisotopic (exact) mass is 340 g/mol. The molecule has 1 aromatic heterocycles. The zero-order chi connectivity index (χ0) is 18.0. The molecular formula is C19H24N4O2. The molecule has 0 spiro atoms. The quantitative estimate of drug-likeness (QED) is 0.920. The number of aromatic nitrogens is 2. The molecule has 6 heteroatoms. The summed E-state index contributed by atoms with van der Waals surface area (Å²) >= 11 is 0. The van der Waals surface area contributed by atoms with Crippen LogP contribution in [0.2, 0.25) is 0 Å². The molecule has 25 heavy (non-hydrogen) atoms. The molecule has 132 valence electrons. The highest BCUT2D eigenvalue weighted by molar-refractivity contribution is 5.81. The van der Waals surface area contributed by atoms with Crippen molar-refractivity contribution in [3.63, 3.8) is 0 Å². The predicted molar refractivity (Wildman–Crippen MR) is 97.2 cm³/mol. The van der Waals surface area contributed by atoms with Crippen molar-refractivity contribution in [1.29, 1.82) is 0 Å². The number of rotatable bonds is 4. The Morgan fingerprint density at radius 3 is 2.64 bits per heavy atom. The average molecular weight is 340 g/mol. The van der Waals surface area contributed by atoms with Crippen molar-refractivity contribution in [1.82, 2.24) is 14.9 Å². The van der Waals surface area contributed by atoms with E-state index in [1.54, 1.807) is 11.8 Å². The summed E-state index contributed by atoms with van der Waals surface area (Å²) in [6, 6.07) is 9.84. The van der Waals surface area contributed by atoms with E-state index in [4.69, 9.17) is 9.97 Å². The second kappa shape index (κ2) is 7.19. The molecule has 1 atom stereocenters. The van der Waals surface area contributed by atoms with Crippen molar-refractivity contribution in [2.24, 2.45) is 0 Å². The number of hydrogen-bond acceptors (Lipinski definition) is 5. The molecule has 0 saturated heterocycles. The Bertz CT molecular complexity index is 762. The van der Waals surface area contributed by atoms with Gasteiger partial charge in [0.25, 0.3) is 5.91 Å². The summed E-state index contributed by atoms with van der Waals surface area (Å²) in [4.78, 5) is 25.5. The van der Waals surface area contributed by atoms with E-state index in [-0.39, 0.29) is 5.91 Å². The lowest BCUT2D eigenvalue weighted by Crippen LogP contribution is -2.42. The van der Waals surface area contributed by atoms with Gasteiger partial charge in [0.1, 0.15) is 11.9 Å². The largest absolute Gasteiger partial charge is 0.383 e. The number of aliphatic hydroxyl groups excluding tert-OH is 1. The first-order valence-corrected chi connectivity index (χ1v) is 8.60. The van der Waals surface area contributed by atoms with E-state index in [2.05, 4.69) is 0 Å². The molecule has 1 N–H and O–H groups in total. The lowest BCUT2D eigenvalue weighted by atomic mass is 10.0. The third-order valence-electron chi connectivity index (χ3n) is 4.48. The molecule has 3 rings (SSSR count). The maximum Gasteiger partial charge on any atom is 0.251 e. The molecule has 0 bridgehead atoms. The second-order valence-corrected chi connectivity index (χ2v) is 6.49. The molecule has 0 aliphatic carbocycles. The van der Waals surface area contributed by atoms with Gasteiger partial charge < -0.3 is 14.9 Å². The number of benzene rings is 1. The fourth-order valence-electron chi connectivity index (χ4n) is 3.07. The van der Waals surface area contributed by atoms with Gasteiger partial charge in [-0.05, 0) is 12.8 Å². The van der Waals surface area contributed by atoms with Crippen LogP contribution in [0.5, 0.6) is 0 Å². The van der Waals surface area contributed by atoms with E-state index in [1.165, 1.54) is 0 Å². The van der Waals surface area contributed by atoms with Crippen molar-refractivity contribution in [2.45, 2.75) is 32.4 Å². The lowest BCUT2D eigenvalue weighted by molar-refractivity contribution is -0.141. The van der Waals surface area contributed by atoms with E-state index in [1.807, 2.05) is 49.3 Å². The minimum Gasteiger partial charge on any atom is -0.383 e. The minimum atomic E-state index is -0.940. The highest BCUT2D eigenvalue weighted by Crippen LogP contribution is 2.28. The molecule has 1 aliphatic heterocycles. The standard InChI is InChI=1S/C19H24N4O2/c1-4-16(24)19(25)23-11-10-14-15(12-23)20-17(21-18(14)22(2)3)13-8-6-5-7-9-13/h5-9,16,24H,4,10-12H2,1-3H3. The highest BCUT2D eigenvalue weighted by Gasteiger charge is 2.28. The van der Waals surface area contributed by atoms with Crippen LogP contribution in [0, 0.1) is 0 Å². The maximum absolute atomic E-state index is 12.3. The van der Waals surface area contributed by atoms with Gasteiger partial charge in [0.15, 0.2) is 5.82 Å². The summed E-state index contributed by atoms with van der Waals surface area (Å²) in [7, 11) is 3.94. The summed E-state index contributed by atoms with van der Waals surface area (Å²) < 4.78 is 0. The normalized spacial score (nSPS) is 14.8. The molecule has 1 aliphatic rings. The number of amides is 1. The van der Waals surface area contributed by atoms with Crippen LogP contribution in [0.15, 0.2) is 30.3 Å². The number of carbonyl (C=O) groups is 1. The Labute approximate surface area is 148 Å². The summed E-state index contributed by atoms with van der Waals surface area (Å²) in [5.74, 6) is 1.33. The van der Waals surface area contributed by atoms with Crippen LogP contribution >= 0.6 is 0 Å². The first-order valence-electron chi connectivity index (χ1n) is 8.60. The van der Waals surface area contributed by atoms with E-state index in [0.29, 0.717) is 31.8 Å². The Balaban J connectivity index is 2.00. The fraction of sp³-hybridized carbons (Fsp3) is 0.421. The third kappa shape index (κ3) is 3.49. The zero-order valence-corrected chi connectivity index (χ0v) is 14.9. The summed E-state index contributed by atoms with van der Waals surface area (Å²) in [6.45, 7) is 2.80. The fourth-order valence-corrected chi connectivity index (χ4v) is 3.07. The first-order chi connectivity index (χ1) is 12.0. The molecule has 0 radical (unpaired) electrons. The number of hydrogen-bond donors (Lipinski definition) is 1. The zero-order valence-electron chi connectivity index (χ0n) is 14.9. The predicted octanol–water partition coefficient (Wildman–Crippen LogP) is 1.87. The summed E-state index contributed by atoms with van der Waals surface area (Å²) in [5, 5.41) is 9.87. The Morgan fingerprint density at radius 2 is 2.00 bits per heavy atom. The summed E-state index contributed by atoms with van der Waals surface area (Å²) in [6.07, 6.45) is 0.176. The van der Waals surface area contributed by atoms with Gasteiger partial charge in [-0.2, -0.15) is 0 Å². The van der Waals surface area contributed by atoms with Gasteiger partial charge in [-0.15, -0.1) is 0 Å². The Kier molecular flexibility index (Phi) is 4.99. The minimum absolute atomic E-state index is 0.223. The van der Waals surface area contributed by atoms with Crippen molar-refractivity contribution in [3.8, 4) is 11.4 Å². The van der Waals surface area contributed by atoms with Crippen molar-refractivity contribution in [2.75, 3.05) is 25.5 Å². The molecule has 1 amide bonds. The SMILES string of the molecule is CCC(O)C(=O)N1CCc2c(nc(-c3ccccc3)nc2N(C)C)C1. The second-order valence-electron chi connectivity index (χ2n) is 6.49. The van der Waals surface area contributed by atoms with Crippen LogP contribution in [0.4, 0.5) is 5.82 Å². The third-order valence-corrected chi connectivity index (χ3v) is 4.48.